The molecule has 0 saturated carbocycles. The number of imidazole rings is 1. The summed E-state index contributed by atoms with van der Waals surface area (Å²) in [6.07, 6.45) is 7.71. The van der Waals surface area contributed by atoms with Gasteiger partial charge < -0.3 is 24.6 Å². The number of nitrogens with zero attached hydrogens (tertiary/aromatic N) is 3. The highest BCUT2D eigenvalue weighted by Gasteiger charge is 2.27. The van der Waals surface area contributed by atoms with Crippen molar-refractivity contribution in [3.8, 4) is 11.5 Å². The Morgan fingerprint density at radius 1 is 1.21 bits per heavy atom. The van der Waals surface area contributed by atoms with Crippen LogP contribution in [-0.4, -0.2) is 45.8 Å². The Balaban J connectivity index is 1.36. The second-order valence-electron chi connectivity index (χ2n) is 8.69. The third kappa shape index (κ3) is 5.66. The topological polar surface area (TPSA) is 79.6 Å². The minimum Gasteiger partial charge on any atom is -0.508 e. The largest absolute Gasteiger partial charge is 0.508 e. The van der Waals surface area contributed by atoms with Crippen LogP contribution in [0.2, 0.25) is 0 Å². The lowest BCUT2D eigenvalue weighted by atomic mass is 9.90. The summed E-state index contributed by atoms with van der Waals surface area (Å²) in [5.74, 6) is 2.43. The van der Waals surface area contributed by atoms with Crippen molar-refractivity contribution in [3.63, 3.8) is 0 Å². The van der Waals surface area contributed by atoms with Gasteiger partial charge in [0.25, 0.3) is 0 Å². The molecule has 1 aliphatic rings. The van der Waals surface area contributed by atoms with Gasteiger partial charge in [-0.05, 0) is 67.0 Å². The highest BCUT2D eigenvalue weighted by molar-refractivity contribution is 5.75. The number of rotatable bonds is 7. The lowest BCUT2D eigenvalue weighted by Gasteiger charge is -2.33. The molecule has 4 rings (SSSR count). The third-order valence-electron chi connectivity index (χ3n) is 6.49. The van der Waals surface area contributed by atoms with Crippen LogP contribution in [0, 0.1) is 5.92 Å². The zero-order valence-corrected chi connectivity index (χ0v) is 19.3. The summed E-state index contributed by atoms with van der Waals surface area (Å²) < 4.78 is 7.31. The van der Waals surface area contributed by atoms with Gasteiger partial charge in [0.05, 0.1) is 7.11 Å². The Kier molecular flexibility index (Phi) is 7.17. The first-order valence-corrected chi connectivity index (χ1v) is 11.5. The molecule has 0 spiro atoms. The molecule has 0 bridgehead atoms. The van der Waals surface area contributed by atoms with Gasteiger partial charge in [-0.3, -0.25) is 0 Å². The number of nitrogens with one attached hydrogen (secondary N) is 1. The minimum absolute atomic E-state index is 0.0668. The number of aryl methyl sites for hydroxylation is 2. The number of phenolic OH excluding ortho intramolecular Hbond substituents is 1. The van der Waals surface area contributed by atoms with Crippen molar-refractivity contribution in [1.82, 2.24) is 19.8 Å². The van der Waals surface area contributed by atoms with Crippen molar-refractivity contribution in [2.24, 2.45) is 13.0 Å². The molecule has 1 unspecified atom stereocenters. The molecule has 1 aliphatic heterocycles. The molecule has 7 nitrogen and oxygen atoms in total. The number of aromatic nitrogens is 2. The van der Waals surface area contributed by atoms with E-state index in [1.165, 1.54) is 5.56 Å². The fraction of sp³-hybridized carbons (Fsp3) is 0.385. The smallest absolute Gasteiger partial charge is 0.318 e. The molecule has 0 aliphatic carbocycles. The number of hydrogen-bond donors (Lipinski definition) is 2. The number of hydrogen-bond acceptors (Lipinski definition) is 4. The SMILES string of the molecule is COc1cccc(C(NC(=O)N2CCC(CCc3ccc(O)cc3)CC2)c2nccn2C)c1. The summed E-state index contributed by atoms with van der Waals surface area (Å²) in [6.45, 7) is 1.49. The van der Waals surface area contributed by atoms with Crippen LogP contribution in [0.1, 0.15) is 42.3 Å². The van der Waals surface area contributed by atoms with E-state index in [-0.39, 0.29) is 12.1 Å². The van der Waals surface area contributed by atoms with Crippen molar-refractivity contribution in [3.05, 3.63) is 77.9 Å². The molecule has 33 heavy (non-hydrogen) atoms. The Hall–Kier alpha value is -3.48. The predicted octanol–water partition coefficient (Wildman–Crippen LogP) is 4.28. The van der Waals surface area contributed by atoms with Crippen LogP contribution in [-0.2, 0) is 13.5 Å². The Morgan fingerprint density at radius 3 is 2.64 bits per heavy atom. The number of urea groups is 1. The number of ether oxygens (including phenoxy) is 1. The molecule has 2 N–H and O–H groups in total. The summed E-state index contributed by atoms with van der Waals surface area (Å²) in [5.41, 5.74) is 2.17. The average Bonchev–Trinajstić information content (AvgIpc) is 3.27. The third-order valence-corrected chi connectivity index (χ3v) is 6.49. The van der Waals surface area contributed by atoms with E-state index in [2.05, 4.69) is 10.3 Å². The molecule has 2 heterocycles. The van der Waals surface area contributed by atoms with E-state index in [9.17, 15) is 9.90 Å². The van der Waals surface area contributed by atoms with Gasteiger partial charge in [-0.15, -0.1) is 0 Å². The first kappa shape index (κ1) is 22.7. The van der Waals surface area contributed by atoms with Crippen LogP contribution in [0.25, 0.3) is 0 Å². The zero-order chi connectivity index (χ0) is 23.2. The molecule has 0 radical (unpaired) electrons. The molecular weight excluding hydrogens is 416 g/mol. The van der Waals surface area contributed by atoms with Gasteiger partial charge in [0.1, 0.15) is 23.4 Å². The van der Waals surface area contributed by atoms with Crippen molar-refractivity contribution in [2.75, 3.05) is 20.2 Å². The summed E-state index contributed by atoms with van der Waals surface area (Å²) in [7, 11) is 3.57. The van der Waals surface area contributed by atoms with E-state index in [1.54, 1.807) is 25.4 Å². The molecule has 7 heteroatoms. The molecule has 2 amide bonds. The van der Waals surface area contributed by atoms with Crippen LogP contribution in [0.5, 0.6) is 11.5 Å². The number of phenols is 1. The van der Waals surface area contributed by atoms with Gasteiger partial charge in [0.2, 0.25) is 0 Å². The van der Waals surface area contributed by atoms with Gasteiger partial charge in [0.15, 0.2) is 0 Å². The minimum atomic E-state index is -0.361. The number of benzene rings is 2. The number of amides is 2. The first-order chi connectivity index (χ1) is 16.0. The van der Waals surface area contributed by atoms with Crippen LogP contribution >= 0.6 is 0 Å². The number of carbonyl (C=O) groups is 1. The Labute approximate surface area is 195 Å². The van der Waals surface area contributed by atoms with Gasteiger partial charge in [-0.1, -0.05) is 24.3 Å². The molecule has 1 aromatic heterocycles. The van der Waals surface area contributed by atoms with E-state index < -0.39 is 0 Å². The average molecular weight is 449 g/mol. The fourth-order valence-corrected chi connectivity index (χ4v) is 4.45. The monoisotopic (exact) mass is 448 g/mol. The maximum absolute atomic E-state index is 13.2. The van der Waals surface area contributed by atoms with Gasteiger partial charge in [-0.2, -0.15) is 0 Å². The number of methoxy groups -OCH3 is 1. The fourth-order valence-electron chi connectivity index (χ4n) is 4.45. The number of carbonyl (C=O) groups excluding carboxylic acids is 1. The molecule has 1 fully saturated rings. The molecule has 174 valence electrons. The normalized spacial score (nSPS) is 15.3. The van der Waals surface area contributed by atoms with Gasteiger partial charge in [-0.25, -0.2) is 9.78 Å². The maximum Gasteiger partial charge on any atom is 0.318 e. The highest BCUT2D eigenvalue weighted by Crippen LogP contribution is 2.26. The van der Waals surface area contributed by atoms with Crippen LogP contribution < -0.4 is 10.1 Å². The van der Waals surface area contributed by atoms with Gasteiger partial charge in [0, 0.05) is 32.5 Å². The van der Waals surface area contributed by atoms with Crippen LogP contribution in [0.3, 0.4) is 0 Å². The first-order valence-electron chi connectivity index (χ1n) is 11.5. The van der Waals surface area contributed by atoms with Crippen molar-refractivity contribution in [2.45, 2.75) is 31.7 Å². The van der Waals surface area contributed by atoms with Gasteiger partial charge >= 0.3 is 6.03 Å². The summed E-state index contributed by atoms with van der Waals surface area (Å²) in [4.78, 5) is 19.6. The van der Waals surface area contributed by atoms with E-state index in [0.717, 1.165) is 55.9 Å². The number of aromatic hydroxyl groups is 1. The standard InChI is InChI=1S/C26H32N4O3/c1-29-17-14-27-25(29)24(21-4-3-5-23(18-21)33-2)28-26(32)30-15-12-20(13-16-30)7-6-19-8-10-22(31)11-9-19/h3-5,8-11,14,17-18,20,24,31H,6-7,12-13,15-16H2,1-2H3,(H,28,32). The van der Waals surface area contributed by atoms with Crippen molar-refractivity contribution < 1.29 is 14.6 Å². The Morgan fingerprint density at radius 2 is 1.97 bits per heavy atom. The lowest BCUT2D eigenvalue weighted by molar-refractivity contribution is 0.166. The highest BCUT2D eigenvalue weighted by atomic mass is 16.5. The molecule has 2 aromatic carbocycles. The number of piperidine rings is 1. The Bertz CT molecular complexity index is 1060. The molecular formula is C26H32N4O3. The molecule has 1 atom stereocenters. The summed E-state index contributed by atoms with van der Waals surface area (Å²) in [5, 5.41) is 12.6. The number of likely N-dealkylation sites (tertiary alicyclic amines) is 1. The molecule has 1 saturated heterocycles. The molecule has 3 aromatic rings. The van der Waals surface area contributed by atoms with E-state index in [1.807, 2.05) is 59.1 Å². The predicted molar refractivity (Wildman–Crippen MR) is 127 cm³/mol. The van der Waals surface area contributed by atoms with E-state index in [4.69, 9.17) is 4.74 Å². The van der Waals surface area contributed by atoms with Crippen LogP contribution in [0.15, 0.2) is 60.9 Å². The van der Waals surface area contributed by atoms with Crippen LogP contribution in [0.4, 0.5) is 4.79 Å². The summed E-state index contributed by atoms with van der Waals surface area (Å²) >= 11 is 0. The lowest BCUT2D eigenvalue weighted by Crippen LogP contribution is -2.46. The van der Waals surface area contributed by atoms with E-state index in [0.29, 0.717) is 11.7 Å². The van der Waals surface area contributed by atoms with E-state index >= 15 is 0 Å². The zero-order valence-electron chi connectivity index (χ0n) is 19.3. The summed E-state index contributed by atoms with van der Waals surface area (Å²) in [6, 6.07) is 14.8. The quantitative estimate of drug-likeness (QED) is 0.566. The second-order valence-corrected chi connectivity index (χ2v) is 8.69. The second kappa shape index (κ2) is 10.4. The maximum atomic E-state index is 13.2. The van der Waals surface area contributed by atoms with Crippen molar-refractivity contribution in [1.29, 1.82) is 0 Å². The van der Waals surface area contributed by atoms with Crippen molar-refractivity contribution >= 4 is 6.03 Å².